The number of hydrogen-bond donors (Lipinski definition) is 2. The van der Waals surface area contributed by atoms with Crippen LogP contribution in [0.5, 0.6) is 0 Å². The van der Waals surface area contributed by atoms with Gasteiger partial charge in [0.1, 0.15) is 5.69 Å². The molecule has 0 radical (unpaired) electrons. The lowest BCUT2D eigenvalue weighted by molar-refractivity contribution is -0.441. The molecule has 3 N–H and O–H groups in total. The van der Waals surface area contributed by atoms with E-state index >= 15 is 0 Å². The van der Waals surface area contributed by atoms with E-state index in [1.807, 2.05) is 18.2 Å². The summed E-state index contributed by atoms with van der Waals surface area (Å²) in [6.07, 6.45) is 1.66. The summed E-state index contributed by atoms with van der Waals surface area (Å²) < 4.78 is 0. The first-order valence-corrected chi connectivity index (χ1v) is 4.52. The zero-order valence-electron chi connectivity index (χ0n) is 7.40. The highest BCUT2D eigenvalue weighted by Gasteiger charge is 2.17. The van der Waals surface area contributed by atoms with Gasteiger partial charge in [0.05, 0.1) is 0 Å². The topological polar surface area (TPSA) is 49.2 Å². The smallest absolute Gasteiger partial charge is 0.205 e. The fourth-order valence-corrected chi connectivity index (χ4v) is 1.47. The first kappa shape index (κ1) is 8.41. The van der Waals surface area contributed by atoms with E-state index in [0.717, 1.165) is 24.4 Å². The molecule has 2 rings (SSSR count). The van der Waals surface area contributed by atoms with Crippen LogP contribution in [-0.2, 0) is 0 Å². The number of quaternary nitrogens is 1. The van der Waals surface area contributed by atoms with Gasteiger partial charge in [-0.1, -0.05) is 12.1 Å². The van der Waals surface area contributed by atoms with Crippen molar-refractivity contribution in [2.24, 2.45) is 4.99 Å². The Hall–Kier alpha value is -1.19. The Morgan fingerprint density at radius 1 is 1.31 bits per heavy atom. The van der Waals surface area contributed by atoms with Crippen LogP contribution in [0.2, 0.25) is 0 Å². The maximum absolute atomic E-state index is 8.67. The highest BCUT2D eigenvalue weighted by atomic mass is 16.2. The molecular formula is C10H13N2O+. The normalized spacial score (nSPS) is 14.1. The second kappa shape index (κ2) is 3.68. The summed E-state index contributed by atoms with van der Waals surface area (Å²) in [4.78, 5) is 4.44. The van der Waals surface area contributed by atoms with Crippen molar-refractivity contribution in [3.63, 3.8) is 0 Å². The number of nitrogens with zero attached hydrogens (tertiary/aromatic N) is 1. The minimum Gasteiger partial charge on any atom is -0.396 e. The predicted molar refractivity (Wildman–Crippen MR) is 51.4 cm³/mol. The van der Waals surface area contributed by atoms with Crippen molar-refractivity contribution < 1.29 is 10.4 Å². The zero-order valence-corrected chi connectivity index (χ0v) is 7.40. The molecule has 0 unspecified atom stereocenters. The second-order valence-electron chi connectivity index (χ2n) is 3.13. The monoisotopic (exact) mass is 177 g/mol. The molecule has 0 bridgehead atoms. The Morgan fingerprint density at radius 2 is 2.15 bits per heavy atom. The third-order valence-corrected chi connectivity index (χ3v) is 2.11. The molecule has 3 nitrogen and oxygen atoms in total. The standard InChI is InChI=1S/C10H12N2O/c13-7-3-6-10-11-8-4-1-2-5-9(8)12-10/h1-2,4-5,13H,3,6-7H2,(H,11,12)/p+1. The maximum Gasteiger partial charge on any atom is 0.205 e. The van der Waals surface area contributed by atoms with Gasteiger partial charge in [0.2, 0.25) is 5.84 Å². The fourth-order valence-electron chi connectivity index (χ4n) is 1.47. The number of aliphatic hydroxyl groups is 1. The molecule has 0 fully saturated rings. The Bertz CT molecular complexity index is 333. The molecule has 0 spiro atoms. The third-order valence-electron chi connectivity index (χ3n) is 2.11. The van der Waals surface area contributed by atoms with Crippen LogP contribution in [-0.4, -0.2) is 17.5 Å². The van der Waals surface area contributed by atoms with Crippen LogP contribution in [0.15, 0.2) is 29.3 Å². The molecule has 0 aromatic heterocycles. The van der Waals surface area contributed by atoms with Gasteiger partial charge in [-0.3, -0.25) is 5.32 Å². The Labute approximate surface area is 77.1 Å². The van der Waals surface area contributed by atoms with Gasteiger partial charge < -0.3 is 5.11 Å². The summed E-state index contributed by atoms with van der Waals surface area (Å²) in [5, 5.41) is 10.8. The molecular weight excluding hydrogens is 164 g/mol. The van der Waals surface area contributed by atoms with Crippen molar-refractivity contribution in [3.8, 4) is 0 Å². The lowest BCUT2D eigenvalue weighted by Gasteiger charge is -1.94. The van der Waals surface area contributed by atoms with Gasteiger partial charge in [0.15, 0.2) is 5.69 Å². The van der Waals surface area contributed by atoms with Crippen LogP contribution < -0.4 is 5.32 Å². The molecule has 0 atom stereocenters. The third kappa shape index (κ3) is 1.76. The van der Waals surface area contributed by atoms with Crippen molar-refractivity contribution in [2.75, 3.05) is 6.61 Å². The molecule has 1 aromatic carbocycles. The summed E-state index contributed by atoms with van der Waals surface area (Å²) in [5.74, 6) is 1.08. The van der Waals surface area contributed by atoms with Crippen LogP contribution in [0.3, 0.4) is 0 Å². The maximum atomic E-state index is 8.67. The Morgan fingerprint density at radius 3 is 2.92 bits per heavy atom. The number of nitrogens with two attached hydrogens (primary N) is 1. The minimum absolute atomic E-state index is 0.239. The summed E-state index contributed by atoms with van der Waals surface area (Å²) in [7, 11) is 0. The molecule has 3 heteroatoms. The van der Waals surface area contributed by atoms with Gasteiger partial charge in [-0.25, -0.2) is 0 Å². The van der Waals surface area contributed by atoms with Crippen LogP contribution in [0, 0.1) is 0 Å². The average molecular weight is 177 g/mol. The van der Waals surface area contributed by atoms with Crippen molar-refractivity contribution in [3.05, 3.63) is 24.3 Å². The number of benzene rings is 1. The molecule has 1 heterocycles. The van der Waals surface area contributed by atoms with E-state index in [-0.39, 0.29) is 6.61 Å². The van der Waals surface area contributed by atoms with E-state index < -0.39 is 0 Å². The molecule has 0 amide bonds. The molecule has 0 saturated carbocycles. The molecule has 0 aliphatic carbocycles. The molecule has 13 heavy (non-hydrogen) atoms. The van der Waals surface area contributed by atoms with E-state index in [1.54, 1.807) is 0 Å². The van der Waals surface area contributed by atoms with Gasteiger partial charge in [0, 0.05) is 19.1 Å². The molecule has 1 aromatic rings. The Kier molecular flexibility index (Phi) is 2.38. The predicted octanol–water partition coefficient (Wildman–Crippen LogP) is 0.698. The van der Waals surface area contributed by atoms with Crippen molar-refractivity contribution in [2.45, 2.75) is 12.8 Å². The van der Waals surface area contributed by atoms with E-state index in [9.17, 15) is 0 Å². The number of para-hydroxylation sites is 2. The van der Waals surface area contributed by atoms with Crippen LogP contribution in [0.25, 0.3) is 0 Å². The van der Waals surface area contributed by atoms with Crippen LogP contribution >= 0.6 is 0 Å². The summed E-state index contributed by atoms with van der Waals surface area (Å²) >= 11 is 0. The molecule has 1 aliphatic rings. The number of aliphatic hydroxyl groups excluding tert-OH is 1. The van der Waals surface area contributed by atoms with Crippen molar-refractivity contribution in [1.29, 1.82) is 0 Å². The number of fused-ring (bicyclic) bond motifs is 1. The lowest BCUT2D eigenvalue weighted by atomic mass is 10.3. The number of rotatable bonds is 3. The van der Waals surface area contributed by atoms with Crippen LogP contribution in [0.1, 0.15) is 12.8 Å². The minimum atomic E-state index is 0.239. The first-order valence-electron chi connectivity index (χ1n) is 4.52. The molecule has 0 saturated heterocycles. The molecule has 68 valence electrons. The highest BCUT2D eigenvalue weighted by Crippen LogP contribution is 2.23. The van der Waals surface area contributed by atoms with Crippen molar-refractivity contribution >= 4 is 17.2 Å². The number of amidine groups is 1. The quantitative estimate of drug-likeness (QED) is 0.656. The SMILES string of the molecule is OCCCC1=Nc2ccccc2[NH2+]1. The summed E-state index contributed by atoms with van der Waals surface area (Å²) in [5.41, 5.74) is 2.24. The van der Waals surface area contributed by atoms with Gasteiger partial charge in [0.25, 0.3) is 0 Å². The summed E-state index contributed by atoms with van der Waals surface area (Å²) in [6, 6.07) is 8.08. The van der Waals surface area contributed by atoms with E-state index in [1.165, 1.54) is 5.69 Å². The highest BCUT2D eigenvalue weighted by molar-refractivity contribution is 5.84. The molecule has 1 aliphatic heterocycles. The fraction of sp³-hybridized carbons (Fsp3) is 0.300. The van der Waals surface area contributed by atoms with Gasteiger partial charge in [-0.15, -0.1) is 0 Å². The van der Waals surface area contributed by atoms with Gasteiger partial charge in [-0.2, -0.15) is 4.99 Å². The van der Waals surface area contributed by atoms with E-state index in [0.29, 0.717) is 0 Å². The number of aliphatic imine (C=N–C) groups is 1. The Balaban J connectivity index is 2.08. The number of hydrogen-bond acceptors (Lipinski definition) is 2. The summed E-state index contributed by atoms with van der Waals surface area (Å²) in [6.45, 7) is 0.239. The van der Waals surface area contributed by atoms with Crippen LogP contribution in [0.4, 0.5) is 11.4 Å². The largest absolute Gasteiger partial charge is 0.396 e. The van der Waals surface area contributed by atoms with E-state index in [4.69, 9.17) is 5.11 Å². The van der Waals surface area contributed by atoms with Gasteiger partial charge in [-0.05, 0) is 12.5 Å². The lowest BCUT2D eigenvalue weighted by Crippen LogP contribution is -2.80. The second-order valence-corrected chi connectivity index (χ2v) is 3.13. The van der Waals surface area contributed by atoms with Crippen molar-refractivity contribution in [1.82, 2.24) is 0 Å². The first-order chi connectivity index (χ1) is 6.40. The average Bonchev–Trinajstić information content (AvgIpc) is 2.57. The van der Waals surface area contributed by atoms with Gasteiger partial charge >= 0.3 is 0 Å². The zero-order chi connectivity index (χ0) is 9.10. The van der Waals surface area contributed by atoms with E-state index in [2.05, 4.69) is 16.4 Å².